The molecule has 2 heteroatoms. The Morgan fingerprint density at radius 3 is 2.00 bits per heavy atom. The Morgan fingerprint density at radius 1 is 1.07 bits per heavy atom. The molecular weight excluding hydrogens is 172 g/mol. The number of hydrogen-bond donors (Lipinski definition) is 2. The summed E-state index contributed by atoms with van der Waals surface area (Å²) in [6.07, 6.45) is 4.11. The van der Waals surface area contributed by atoms with Crippen molar-refractivity contribution in [2.75, 3.05) is 26.7 Å². The predicted octanol–water partition coefficient (Wildman–Crippen LogP) is 2.65. The number of piperidine rings is 1. The topological polar surface area (TPSA) is 24.1 Å². The highest BCUT2D eigenvalue weighted by atomic mass is 14.9. The van der Waals surface area contributed by atoms with Crippen molar-refractivity contribution in [1.29, 1.82) is 0 Å². The molecule has 0 atom stereocenters. The minimum absolute atomic E-state index is 0.980. The van der Waals surface area contributed by atoms with E-state index in [1.54, 1.807) is 0 Å². The second kappa shape index (κ2) is 15.4. The van der Waals surface area contributed by atoms with Gasteiger partial charge in [0.15, 0.2) is 0 Å². The molecule has 0 bridgehead atoms. The van der Waals surface area contributed by atoms with Gasteiger partial charge < -0.3 is 10.6 Å². The average molecular weight is 202 g/mol. The van der Waals surface area contributed by atoms with Crippen LogP contribution in [0.2, 0.25) is 0 Å². The molecule has 14 heavy (non-hydrogen) atoms. The Kier molecular flexibility index (Phi) is 18.0. The van der Waals surface area contributed by atoms with Crippen LogP contribution in [0.5, 0.6) is 0 Å². The molecule has 0 aliphatic carbocycles. The molecule has 0 saturated carbocycles. The minimum Gasteiger partial charge on any atom is -0.320 e. The minimum atomic E-state index is 0.980. The van der Waals surface area contributed by atoms with Gasteiger partial charge >= 0.3 is 0 Å². The molecule has 2 nitrogen and oxygen atoms in total. The van der Waals surface area contributed by atoms with Crippen LogP contribution >= 0.6 is 0 Å². The lowest BCUT2D eigenvalue weighted by molar-refractivity contribution is 0.351. The zero-order valence-corrected chi connectivity index (χ0v) is 10.8. The molecule has 0 aromatic rings. The van der Waals surface area contributed by atoms with E-state index in [1.165, 1.54) is 38.9 Å². The number of hydrogen-bond acceptors (Lipinski definition) is 2. The van der Waals surface area contributed by atoms with Crippen molar-refractivity contribution in [1.82, 2.24) is 10.6 Å². The van der Waals surface area contributed by atoms with Crippen LogP contribution in [0.3, 0.4) is 0 Å². The van der Waals surface area contributed by atoms with E-state index in [1.807, 2.05) is 34.7 Å². The molecule has 0 spiro atoms. The van der Waals surface area contributed by atoms with Gasteiger partial charge in [0.25, 0.3) is 0 Å². The van der Waals surface area contributed by atoms with Gasteiger partial charge in [-0.25, -0.2) is 0 Å². The normalized spacial score (nSPS) is 16.1. The lowest BCUT2D eigenvalue weighted by Crippen LogP contribution is -2.29. The highest BCUT2D eigenvalue weighted by Gasteiger charge is 2.11. The Morgan fingerprint density at radius 2 is 1.57 bits per heavy atom. The van der Waals surface area contributed by atoms with E-state index in [-0.39, 0.29) is 0 Å². The summed E-state index contributed by atoms with van der Waals surface area (Å²) < 4.78 is 0. The molecule has 2 N–H and O–H groups in total. The van der Waals surface area contributed by atoms with E-state index >= 15 is 0 Å². The second-order valence-electron chi connectivity index (χ2n) is 3.09. The fourth-order valence-electron chi connectivity index (χ4n) is 1.52. The van der Waals surface area contributed by atoms with Crippen molar-refractivity contribution in [3.05, 3.63) is 0 Å². The van der Waals surface area contributed by atoms with Crippen molar-refractivity contribution in [2.24, 2.45) is 5.92 Å². The molecule has 1 saturated heterocycles. The maximum Gasteiger partial charge on any atom is -0.00463 e. The summed E-state index contributed by atoms with van der Waals surface area (Å²) in [5, 5.41) is 6.57. The summed E-state index contributed by atoms with van der Waals surface area (Å²) in [6, 6.07) is 0. The molecule has 1 aliphatic heterocycles. The van der Waals surface area contributed by atoms with Gasteiger partial charge in [-0.1, -0.05) is 27.7 Å². The highest BCUT2D eigenvalue weighted by Crippen LogP contribution is 2.14. The SMILES string of the molecule is CC.CC.CNCCC1CCNCC1. The van der Waals surface area contributed by atoms with E-state index in [4.69, 9.17) is 0 Å². The Labute approximate surface area is 90.9 Å². The van der Waals surface area contributed by atoms with Gasteiger partial charge in [0.1, 0.15) is 0 Å². The van der Waals surface area contributed by atoms with Gasteiger partial charge in [0.05, 0.1) is 0 Å². The number of nitrogens with one attached hydrogen (secondary N) is 2. The van der Waals surface area contributed by atoms with Gasteiger partial charge in [0, 0.05) is 0 Å². The van der Waals surface area contributed by atoms with Crippen molar-refractivity contribution in [2.45, 2.75) is 47.0 Å². The summed E-state index contributed by atoms with van der Waals surface area (Å²) >= 11 is 0. The lowest BCUT2D eigenvalue weighted by atomic mass is 9.95. The first-order valence-corrected chi connectivity index (χ1v) is 6.29. The maximum atomic E-state index is 3.37. The third-order valence-corrected chi connectivity index (χ3v) is 2.26. The second-order valence-corrected chi connectivity index (χ2v) is 3.09. The van der Waals surface area contributed by atoms with E-state index in [9.17, 15) is 0 Å². The number of rotatable bonds is 3. The van der Waals surface area contributed by atoms with Crippen LogP contribution in [-0.2, 0) is 0 Å². The summed E-state index contributed by atoms with van der Waals surface area (Å²) in [5.41, 5.74) is 0. The molecule has 1 aliphatic rings. The van der Waals surface area contributed by atoms with Crippen LogP contribution in [-0.4, -0.2) is 26.7 Å². The quantitative estimate of drug-likeness (QED) is 0.735. The van der Waals surface area contributed by atoms with E-state index in [0.717, 1.165) is 5.92 Å². The first-order valence-electron chi connectivity index (χ1n) is 6.29. The van der Waals surface area contributed by atoms with Crippen LogP contribution in [0, 0.1) is 5.92 Å². The van der Waals surface area contributed by atoms with E-state index in [0.29, 0.717) is 0 Å². The fourth-order valence-corrected chi connectivity index (χ4v) is 1.52. The van der Waals surface area contributed by atoms with Gasteiger partial charge in [-0.05, 0) is 51.9 Å². The first kappa shape index (κ1) is 16.4. The van der Waals surface area contributed by atoms with Gasteiger partial charge in [-0.3, -0.25) is 0 Å². The third kappa shape index (κ3) is 10.0. The zero-order chi connectivity index (χ0) is 11.2. The van der Waals surface area contributed by atoms with Crippen LogP contribution < -0.4 is 10.6 Å². The zero-order valence-electron chi connectivity index (χ0n) is 10.8. The monoisotopic (exact) mass is 202 g/mol. The summed E-state index contributed by atoms with van der Waals surface area (Å²) in [4.78, 5) is 0. The molecule has 88 valence electrons. The van der Waals surface area contributed by atoms with Crippen LogP contribution in [0.15, 0.2) is 0 Å². The van der Waals surface area contributed by atoms with Crippen molar-refractivity contribution < 1.29 is 0 Å². The molecule has 0 aromatic carbocycles. The fraction of sp³-hybridized carbons (Fsp3) is 1.00. The predicted molar refractivity (Wildman–Crippen MR) is 66.8 cm³/mol. The van der Waals surface area contributed by atoms with E-state index < -0.39 is 0 Å². The highest BCUT2D eigenvalue weighted by molar-refractivity contribution is 4.68. The third-order valence-electron chi connectivity index (χ3n) is 2.26. The standard InChI is InChI=1S/C8H18N2.2C2H6/c1-9-5-2-8-3-6-10-7-4-8;2*1-2/h8-10H,2-7H2,1H3;2*1-2H3. The van der Waals surface area contributed by atoms with Crippen molar-refractivity contribution in [3.63, 3.8) is 0 Å². The largest absolute Gasteiger partial charge is 0.320 e. The summed E-state index contributed by atoms with van der Waals surface area (Å²) in [5.74, 6) is 0.980. The molecular formula is C12H30N2. The molecule has 0 aromatic heterocycles. The van der Waals surface area contributed by atoms with Crippen molar-refractivity contribution in [3.8, 4) is 0 Å². The van der Waals surface area contributed by atoms with Crippen LogP contribution in [0.25, 0.3) is 0 Å². The lowest BCUT2D eigenvalue weighted by Gasteiger charge is -2.22. The average Bonchev–Trinajstić information content (AvgIpc) is 2.33. The summed E-state index contributed by atoms with van der Waals surface area (Å²) in [6.45, 7) is 11.6. The Balaban J connectivity index is 0. The molecule has 1 rings (SSSR count). The van der Waals surface area contributed by atoms with Gasteiger partial charge in [-0.2, -0.15) is 0 Å². The van der Waals surface area contributed by atoms with Gasteiger partial charge in [-0.15, -0.1) is 0 Å². The van der Waals surface area contributed by atoms with Gasteiger partial charge in [0.2, 0.25) is 0 Å². The van der Waals surface area contributed by atoms with Crippen molar-refractivity contribution >= 4 is 0 Å². The first-order chi connectivity index (χ1) is 6.93. The Bertz CT molecular complexity index is 78.4. The molecule has 0 radical (unpaired) electrons. The van der Waals surface area contributed by atoms with E-state index in [2.05, 4.69) is 10.6 Å². The Hall–Kier alpha value is -0.0800. The molecule has 0 amide bonds. The molecule has 1 fully saturated rings. The smallest absolute Gasteiger partial charge is 0.00463 e. The molecule has 0 unspecified atom stereocenters. The van der Waals surface area contributed by atoms with Crippen LogP contribution in [0.1, 0.15) is 47.0 Å². The maximum absolute atomic E-state index is 3.37. The summed E-state index contributed by atoms with van der Waals surface area (Å²) in [7, 11) is 2.03. The van der Waals surface area contributed by atoms with Crippen LogP contribution in [0.4, 0.5) is 0 Å². The molecule has 1 heterocycles.